The summed E-state index contributed by atoms with van der Waals surface area (Å²) < 4.78 is 26.9. The Morgan fingerprint density at radius 1 is 1.11 bits per heavy atom. The predicted octanol–water partition coefficient (Wildman–Crippen LogP) is 4.33. The third kappa shape index (κ3) is 1.95. The van der Waals surface area contributed by atoms with Crippen molar-refractivity contribution in [2.75, 3.05) is 5.32 Å². The minimum atomic E-state index is -0.429. The Morgan fingerprint density at radius 2 is 1.94 bits per heavy atom. The molecule has 2 aromatic rings. The SMILES string of the molecule is Fc1ccc(F)c(C2Cc3cc(Cl)ccc3N2)c1. The second-order valence-electron chi connectivity index (χ2n) is 4.37. The number of hydrogen-bond acceptors (Lipinski definition) is 1. The molecular weight excluding hydrogens is 256 g/mol. The lowest BCUT2D eigenvalue weighted by atomic mass is 10.0. The second kappa shape index (κ2) is 4.25. The van der Waals surface area contributed by atoms with Gasteiger partial charge < -0.3 is 5.32 Å². The van der Waals surface area contributed by atoms with Crippen LogP contribution in [0.4, 0.5) is 14.5 Å². The van der Waals surface area contributed by atoms with Crippen LogP contribution in [0.25, 0.3) is 0 Å². The molecule has 1 unspecified atom stereocenters. The van der Waals surface area contributed by atoms with Crippen molar-refractivity contribution in [3.8, 4) is 0 Å². The molecule has 0 aliphatic carbocycles. The smallest absolute Gasteiger partial charge is 0.128 e. The van der Waals surface area contributed by atoms with Gasteiger partial charge >= 0.3 is 0 Å². The molecule has 4 heteroatoms. The van der Waals surface area contributed by atoms with Crippen LogP contribution in [0.15, 0.2) is 36.4 Å². The van der Waals surface area contributed by atoms with Gasteiger partial charge in [-0.1, -0.05) is 11.6 Å². The first-order chi connectivity index (χ1) is 8.63. The van der Waals surface area contributed by atoms with E-state index < -0.39 is 11.6 Å². The van der Waals surface area contributed by atoms with Gasteiger partial charge in [0.2, 0.25) is 0 Å². The van der Waals surface area contributed by atoms with Crippen molar-refractivity contribution in [3.63, 3.8) is 0 Å². The Kier molecular flexibility index (Phi) is 2.71. The minimum absolute atomic E-state index is 0.242. The van der Waals surface area contributed by atoms with E-state index in [2.05, 4.69) is 5.32 Å². The summed E-state index contributed by atoms with van der Waals surface area (Å²) in [5, 5.41) is 3.83. The summed E-state index contributed by atoms with van der Waals surface area (Å²) in [5.41, 5.74) is 2.30. The zero-order chi connectivity index (χ0) is 12.7. The molecule has 3 rings (SSSR count). The van der Waals surface area contributed by atoms with Crippen molar-refractivity contribution in [1.29, 1.82) is 0 Å². The average Bonchev–Trinajstić information content (AvgIpc) is 2.74. The number of nitrogens with one attached hydrogen (secondary N) is 1. The molecule has 1 aliphatic heterocycles. The molecule has 2 aromatic carbocycles. The number of rotatable bonds is 1. The summed E-state index contributed by atoms with van der Waals surface area (Å²) in [5.74, 6) is -0.824. The van der Waals surface area contributed by atoms with Gasteiger partial charge in [-0.05, 0) is 48.4 Å². The molecule has 0 saturated carbocycles. The lowest BCUT2D eigenvalue weighted by Crippen LogP contribution is -2.08. The summed E-state index contributed by atoms with van der Waals surface area (Å²) in [7, 11) is 0. The first-order valence-electron chi connectivity index (χ1n) is 5.63. The van der Waals surface area contributed by atoms with Crippen molar-refractivity contribution in [2.24, 2.45) is 0 Å². The van der Waals surface area contributed by atoms with Crippen molar-refractivity contribution in [1.82, 2.24) is 0 Å². The fourth-order valence-corrected chi connectivity index (χ4v) is 2.49. The van der Waals surface area contributed by atoms with E-state index in [1.54, 1.807) is 6.07 Å². The van der Waals surface area contributed by atoms with Crippen LogP contribution in [0.3, 0.4) is 0 Å². The molecule has 1 aliphatic rings. The molecular formula is C14H10ClF2N. The third-order valence-corrected chi connectivity index (χ3v) is 3.39. The van der Waals surface area contributed by atoms with Crippen LogP contribution in [0.1, 0.15) is 17.2 Å². The van der Waals surface area contributed by atoms with E-state index in [9.17, 15) is 8.78 Å². The number of hydrogen-bond donors (Lipinski definition) is 1. The van der Waals surface area contributed by atoms with Gasteiger partial charge in [-0.25, -0.2) is 8.78 Å². The predicted molar refractivity (Wildman–Crippen MR) is 67.9 cm³/mol. The van der Waals surface area contributed by atoms with Crippen molar-refractivity contribution in [2.45, 2.75) is 12.5 Å². The Hall–Kier alpha value is -1.61. The molecule has 0 aromatic heterocycles. The number of halogens is 3. The van der Waals surface area contributed by atoms with Gasteiger partial charge in [-0.3, -0.25) is 0 Å². The van der Waals surface area contributed by atoms with Crippen LogP contribution in [0, 0.1) is 11.6 Å². The molecule has 18 heavy (non-hydrogen) atoms. The molecule has 0 spiro atoms. The zero-order valence-electron chi connectivity index (χ0n) is 9.38. The van der Waals surface area contributed by atoms with Gasteiger partial charge in [0.25, 0.3) is 0 Å². The van der Waals surface area contributed by atoms with Crippen molar-refractivity contribution < 1.29 is 8.78 Å². The molecule has 92 valence electrons. The maximum absolute atomic E-state index is 13.7. The summed E-state index contributed by atoms with van der Waals surface area (Å²) in [6.07, 6.45) is 0.607. The monoisotopic (exact) mass is 265 g/mol. The maximum atomic E-state index is 13.7. The van der Waals surface area contributed by atoms with Crippen molar-refractivity contribution in [3.05, 3.63) is 64.2 Å². The van der Waals surface area contributed by atoms with E-state index in [1.807, 2.05) is 12.1 Å². The lowest BCUT2D eigenvalue weighted by Gasteiger charge is -2.12. The van der Waals surface area contributed by atoms with Crippen LogP contribution >= 0.6 is 11.6 Å². The topological polar surface area (TPSA) is 12.0 Å². The lowest BCUT2D eigenvalue weighted by molar-refractivity contribution is 0.573. The fourth-order valence-electron chi connectivity index (χ4n) is 2.30. The van der Waals surface area contributed by atoms with Crippen LogP contribution in [-0.2, 0) is 6.42 Å². The molecule has 0 bridgehead atoms. The standard InChI is InChI=1S/C14H10ClF2N/c15-9-1-4-13-8(5-9)6-14(18-13)11-7-10(16)2-3-12(11)17/h1-5,7,14,18H,6H2. The van der Waals surface area contributed by atoms with E-state index in [1.165, 1.54) is 6.07 Å². The van der Waals surface area contributed by atoms with Gasteiger partial charge in [0.1, 0.15) is 11.6 Å². The molecule has 1 atom stereocenters. The molecule has 0 amide bonds. The van der Waals surface area contributed by atoms with Crippen molar-refractivity contribution >= 4 is 17.3 Å². The zero-order valence-corrected chi connectivity index (χ0v) is 10.1. The van der Waals surface area contributed by atoms with E-state index >= 15 is 0 Å². The van der Waals surface area contributed by atoms with Gasteiger partial charge in [0, 0.05) is 16.3 Å². The highest BCUT2D eigenvalue weighted by Gasteiger charge is 2.24. The molecule has 1 heterocycles. The average molecular weight is 266 g/mol. The van der Waals surface area contributed by atoms with Crippen LogP contribution < -0.4 is 5.32 Å². The maximum Gasteiger partial charge on any atom is 0.128 e. The Balaban J connectivity index is 1.96. The highest BCUT2D eigenvalue weighted by molar-refractivity contribution is 6.30. The molecule has 1 nitrogen and oxygen atoms in total. The number of anilines is 1. The second-order valence-corrected chi connectivity index (χ2v) is 4.80. The molecule has 0 radical (unpaired) electrons. The molecule has 1 N–H and O–H groups in total. The van der Waals surface area contributed by atoms with E-state index in [0.29, 0.717) is 17.0 Å². The van der Waals surface area contributed by atoms with Gasteiger partial charge in [0.15, 0.2) is 0 Å². The Bertz CT molecular complexity index is 613. The Labute approximate surface area is 108 Å². The fraction of sp³-hybridized carbons (Fsp3) is 0.143. The van der Waals surface area contributed by atoms with Gasteiger partial charge in [0.05, 0.1) is 6.04 Å². The van der Waals surface area contributed by atoms with Gasteiger partial charge in [-0.15, -0.1) is 0 Å². The van der Waals surface area contributed by atoms with E-state index in [0.717, 1.165) is 23.4 Å². The number of fused-ring (bicyclic) bond motifs is 1. The third-order valence-electron chi connectivity index (χ3n) is 3.15. The highest BCUT2D eigenvalue weighted by atomic mass is 35.5. The molecule has 0 saturated heterocycles. The van der Waals surface area contributed by atoms with Crippen LogP contribution in [0.2, 0.25) is 5.02 Å². The minimum Gasteiger partial charge on any atom is -0.378 e. The Morgan fingerprint density at radius 3 is 2.78 bits per heavy atom. The summed E-state index contributed by atoms with van der Waals surface area (Å²) in [4.78, 5) is 0. The normalized spacial score (nSPS) is 17.4. The summed E-state index contributed by atoms with van der Waals surface area (Å²) >= 11 is 5.91. The molecule has 0 fully saturated rings. The summed E-state index contributed by atoms with van der Waals surface area (Å²) in [6.45, 7) is 0. The number of benzene rings is 2. The van der Waals surface area contributed by atoms with Crippen LogP contribution in [-0.4, -0.2) is 0 Å². The summed E-state index contributed by atoms with van der Waals surface area (Å²) in [6, 6.07) is 8.75. The van der Waals surface area contributed by atoms with E-state index in [4.69, 9.17) is 11.6 Å². The van der Waals surface area contributed by atoms with Crippen LogP contribution in [0.5, 0.6) is 0 Å². The largest absolute Gasteiger partial charge is 0.378 e. The highest BCUT2D eigenvalue weighted by Crippen LogP contribution is 2.36. The first kappa shape index (κ1) is 11.5. The first-order valence-corrected chi connectivity index (χ1v) is 6.01. The van der Waals surface area contributed by atoms with Gasteiger partial charge in [-0.2, -0.15) is 0 Å². The van der Waals surface area contributed by atoms with E-state index in [-0.39, 0.29) is 6.04 Å². The quantitative estimate of drug-likeness (QED) is 0.809.